The number of rotatable bonds is 10. The summed E-state index contributed by atoms with van der Waals surface area (Å²) in [7, 11) is -6.44. The predicted molar refractivity (Wildman–Crippen MR) is 241 cm³/mol. The number of benzene rings is 2. The van der Waals surface area contributed by atoms with Gasteiger partial charge < -0.3 is 4.90 Å². The molecule has 2 aliphatic heterocycles. The van der Waals surface area contributed by atoms with E-state index in [1.807, 2.05) is 67.1 Å². The lowest BCUT2D eigenvalue weighted by atomic mass is 9.81. The Morgan fingerprint density at radius 3 is 1.94 bits per heavy atom. The van der Waals surface area contributed by atoms with Gasteiger partial charge in [-0.05, 0) is 161 Å². The maximum absolute atomic E-state index is 12.2. The first-order chi connectivity index (χ1) is 21.6. The van der Waals surface area contributed by atoms with Crippen LogP contribution < -0.4 is 4.90 Å². The van der Waals surface area contributed by atoms with Gasteiger partial charge in [0.2, 0.25) is 5.69 Å². The van der Waals surface area contributed by atoms with Crippen molar-refractivity contribution in [3.8, 4) is 0 Å². The third kappa shape index (κ3) is 8.83. The molecule has 0 fully saturated rings. The van der Waals surface area contributed by atoms with Crippen LogP contribution in [-0.4, -0.2) is 61.3 Å². The summed E-state index contributed by atoms with van der Waals surface area (Å²) in [5, 5.41) is 0. The summed E-state index contributed by atoms with van der Waals surface area (Å²) in [6.45, 7) is 6.63. The minimum absolute atomic E-state index is 0.282. The smallest absolute Gasteiger partial charge is 0.266 e. The molecular weight excluding hydrogens is 1320 g/mol. The van der Waals surface area contributed by atoms with Gasteiger partial charge >= 0.3 is 0 Å². The van der Waals surface area contributed by atoms with E-state index in [1.54, 1.807) is 0 Å². The van der Waals surface area contributed by atoms with E-state index in [9.17, 15) is 25.9 Å². The summed E-state index contributed by atoms with van der Waals surface area (Å²) in [6, 6.07) is 4.19. The first-order valence-corrected chi connectivity index (χ1v) is 23.7. The van der Waals surface area contributed by atoms with E-state index in [2.05, 4.69) is 160 Å². The summed E-state index contributed by atoms with van der Waals surface area (Å²) in [6.07, 6.45) is 13.7. The fourth-order valence-electron chi connectivity index (χ4n) is 6.22. The molecule has 254 valence electrons. The van der Waals surface area contributed by atoms with Crippen LogP contribution >= 0.6 is 136 Å². The molecule has 0 bridgehead atoms. The van der Waals surface area contributed by atoms with Gasteiger partial charge in [0, 0.05) is 62.5 Å². The molecule has 16 heteroatoms. The Balaban J connectivity index is 1.64. The van der Waals surface area contributed by atoms with Gasteiger partial charge in [-0.25, -0.2) is 0 Å². The third-order valence-corrected chi connectivity index (χ3v) is 20.2. The van der Waals surface area contributed by atoms with Crippen LogP contribution in [0.4, 0.5) is 11.4 Å². The molecule has 2 N–H and O–H groups in total. The molecule has 2 aromatic carbocycles. The minimum atomic E-state index is -4.28. The minimum Gasteiger partial charge on any atom is -0.344 e. The number of hydrogen-bond acceptors (Lipinski definition) is 5. The van der Waals surface area contributed by atoms with Gasteiger partial charge in [0.25, 0.3) is 20.2 Å². The van der Waals surface area contributed by atoms with E-state index < -0.39 is 31.4 Å². The molecule has 8 nitrogen and oxygen atoms in total. The summed E-state index contributed by atoms with van der Waals surface area (Å²) in [5.41, 5.74) is 4.55. The second-order valence-electron chi connectivity index (χ2n) is 11.9. The average molecular weight is 1350 g/mol. The van der Waals surface area contributed by atoms with Crippen LogP contribution in [0.2, 0.25) is 0 Å². The Labute approximate surface area is 358 Å². The fourth-order valence-corrected chi connectivity index (χ4v) is 13.2. The molecule has 2 aliphatic rings. The largest absolute Gasteiger partial charge is 0.344 e. The molecule has 47 heavy (non-hydrogen) atoms. The number of hydrogen-bond donors (Lipinski definition) is 2. The zero-order chi connectivity index (χ0) is 35.3. The van der Waals surface area contributed by atoms with Crippen molar-refractivity contribution >= 4 is 173 Å². The first kappa shape index (κ1) is 40.8. The van der Waals surface area contributed by atoms with E-state index in [0.717, 1.165) is 42.6 Å². The van der Waals surface area contributed by atoms with Crippen molar-refractivity contribution < 1.29 is 30.5 Å². The lowest BCUT2D eigenvalue weighted by molar-refractivity contribution is -0.401. The maximum atomic E-state index is 12.2. The van der Waals surface area contributed by atoms with E-state index in [1.165, 1.54) is 12.7 Å². The van der Waals surface area contributed by atoms with Gasteiger partial charge in [-0.15, -0.1) is 0 Å². The number of fused-ring (bicyclic) bond motifs is 2. The normalized spacial score (nSPS) is 20.5. The average Bonchev–Trinajstić information content (AvgIpc) is 3.26. The Morgan fingerprint density at radius 2 is 1.34 bits per heavy atom. The molecule has 1 unspecified atom stereocenters. The molecule has 2 heterocycles. The lowest BCUT2D eigenvalue weighted by Crippen LogP contribution is -2.38. The molecule has 0 aliphatic carbocycles. The van der Waals surface area contributed by atoms with Crippen LogP contribution in [0.5, 0.6) is 0 Å². The van der Waals surface area contributed by atoms with Crippen LogP contribution in [0.1, 0.15) is 38.3 Å². The van der Waals surface area contributed by atoms with Crippen molar-refractivity contribution in [2.24, 2.45) is 0 Å². The SMILES string of the molecule is C[N+]1=C(/C=C/C=C/C=C/C=C2\N(CCCS(=O)(=O)O)c3cc(I)c(I)c(I)c3C2(C)C)C(C)(CS(=O)(=O)O)c2c1cc(I)c(I)c2I. The quantitative estimate of drug-likeness (QED) is 0.0804. The molecule has 0 spiro atoms. The molecule has 0 aromatic heterocycles. The number of halogens is 6. The highest BCUT2D eigenvalue weighted by molar-refractivity contribution is 14.1. The third-order valence-electron chi connectivity index (χ3n) is 8.18. The highest BCUT2D eigenvalue weighted by Gasteiger charge is 2.51. The van der Waals surface area contributed by atoms with Crippen LogP contribution in [0.15, 0.2) is 60.4 Å². The summed E-state index contributed by atoms with van der Waals surface area (Å²) in [4.78, 5) is 2.15. The molecule has 1 atom stereocenters. The second kappa shape index (κ2) is 15.6. The van der Waals surface area contributed by atoms with Crippen molar-refractivity contribution in [2.75, 3.05) is 30.0 Å². The van der Waals surface area contributed by atoms with E-state index in [4.69, 9.17) is 0 Å². The maximum Gasteiger partial charge on any atom is 0.266 e. The zero-order valence-corrected chi connectivity index (χ0v) is 40.1. The summed E-state index contributed by atoms with van der Waals surface area (Å²) >= 11 is 13.9. The van der Waals surface area contributed by atoms with E-state index >= 15 is 0 Å². The number of nitrogens with zero attached hydrogens (tertiary/aromatic N) is 2. The highest BCUT2D eigenvalue weighted by Crippen LogP contribution is 2.51. The summed E-state index contributed by atoms with van der Waals surface area (Å²) < 4.78 is 75.1. The van der Waals surface area contributed by atoms with E-state index in [-0.39, 0.29) is 17.6 Å². The van der Waals surface area contributed by atoms with Gasteiger partial charge in [-0.3, -0.25) is 9.11 Å². The standard InChI is InChI=1S/C31H30I6N2O6S2/c1-30(2)22(39(13-10-14-46(40,41)42)21-16-19(33)26(34)28(36)24(21)30)11-8-6-5-7-9-12-23-31(3,17-47(43,44)45)25-20(38(23)4)15-18(32)27(35)29(25)37/h5-9,11-12,15-16H,10,13-14,17H2,1-4H3,(H-,40,41,42,43,44,45)/p+1. The van der Waals surface area contributed by atoms with Gasteiger partial charge in [-0.2, -0.15) is 21.4 Å². The van der Waals surface area contributed by atoms with Crippen molar-refractivity contribution in [2.45, 2.75) is 38.0 Å². The Hall–Kier alpha value is 1.07. The monoisotopic (exact) mass is 1350 g/mol. The molecule has 0 saturated heterocycles. The van der Waals surface area contributed by atoms with Crippen LogP contribution in [-0.2, 0) is 31.1 Å². The Kier molecular flexibility index (Phi) is 13.5. The molecular formula is C31H31I6N2O6S2+. The first-order valence-electron chi connectivity index (χ1n) is 14.0. The van der Waals surface area contributed by atoms with Crippen molar-refractivity contribution in [3.63, 3.8) is 0 Å². The summed E-state index contributed by atoms with van der Waals surface area (Å²) in [5.74, 6) is -0.743. The van der Waals surface area contributed by atoms with Crippen molar-refractivity contribution in [3.05, 3.63) is 92.9 Å². The lowest BCUT2D eigenvalue weighted by Gasteiger charge is -2.27. The van der Waals surface area contributed by atoms with Crippen LogP contribution in [0, 0.1) is 21.4 Å². The predicted octanol–water partition coefficient (Wildman–Crippen LogP) is 8.82. The molecule has 0 saturated carbocycles. The fraction of sp³-hybridized carbons (Fsp3) is 0.323. The van der Waals surface area contributed by atoms with Crippen molar-refractivity contribution in [1.82, 2.24) is 0 Å². The second-order valence-corrected chi connectivity index (χ2v) is 21.5. The topological polar surface area (TPSA) is 115 Å². The van der Waals surface area contributed by atoms with Gasteiger partial charge in [-0.1, -0.05) is 44.2 Å². The van der Waals surface area contributed by atoms with Gasteiger partial charge in [0.1, 0.15) is 12.5 Å². The molecule has 0 radical (unpaired) electrons. The van der Waals surface area contributed by atoms with Gasteiger partial charge in [0.05, 0.1) is 17.1 Å². The Bertz CT molecular complexity index is 2020. The molecule has 0 amide bonds. The molecule has 4 rings (SSSR count). The van der Waals surface area contributed by atoms with Crippen molar-refractivity contribution in [1.29, 1.82) is 0 Å². The van der Waals surface area contributed by atoms with Crippen LogP contribution in [0.25, 0.3) is 0 Å². The highest BCUT2D eigenvalue weighted by atomic mass is 127. The Morgan fingerprint density at radius 1 is 0.787 bits per heavy atom. The number of anilines is 1. The zero-order valence-electron chi connectivity index (χ0n) is 25.5. The van der Waals surface area contributed by atoms with Crippen LogP contribution in [0.3, 0.4) is 0 Å². The van der Waals surface area contributed by atoms with Gasteiger partial charge in [0.15, 0.2) is 5.71 Å². The number of allylic oxidation sites excluding steroid dienone is 8. The molecule has 2 aromatic rings. The van der Waals surface area contributed by atoms with E-state index in [0.29, 0.717) is 6.54 Å².